The van der Waals surface area contributed by atoms with Crippen molar-refractivity contribution in [3.63, 3.8) is 0 Å². The molecule has 8 heterocycles. The molecule has 8 nitrogen and oxygen atoms in total. The lowest BCUT2D eigenvalue weighted by Crippen LogP contribution is -2.61. The Kier molecular flexibility index (Phi) is 11.0. The smallest absolute Gasteiger partial charge is 0.252 e. The Balaban J connectivity index is 0.857. The molecular formula is C112H89BN6O2. The van der Waals surface area contributed by atoms with E-state index in [1.165, 1.54) is 9.13 Å². The van der Waals surface area contributed by atoms with E-state index in [-0.39, 0.29) is 98.9 Å². The van der Waals surface area contributed by atoms with Gasteiger partial charge in [0.25, 0.3) is 6.71 Å². The van der Waals surface area contributed by atoms with E-state index in [4.69, 9.17) is 15.7 Å². The monoisotopic (exact) mass is 1580 g/mol. The first-order valence-corrected chi connectivity index (χ1v) is 41.0. The lowest BCUT2D eigenvalue weighted by Gasteiger charge is -2.44. The zero-order chi connectivity index (χ0) is 100. The van der Waals surface area contributed by atoms with Crippen LogP contribution in [0.2, 0.25) is 0 Å². The van der Waals surface area contributed by atoms with Gasteiger partial charge in [-0.1, -0.05) is 265 Å². The molecule has 0 spiro atoms. The molecule has 16 aromatic carbocycles. The molecule has 22 aromatic rings. The van der Waals surface area contributed by atoms with Crippen molar-refractivity contribution in [2.75, 3.05) is 9.80 Å². The van der Waals surface area contributed by atoms with Crippen LogP contribution in [0.3, 0.4) is 0 Å². The Morgan fingerprint density at radius 1 is 0.248 bits per heavy atom. The van der Waals surface area contributed by atoms with Gasteiger partial charge in [0.05, 0.1) is 95.7 Å². The van der Waals surface area contributed by atoms with Crippen molar-refractivity contribution in [1.82, 2.24) is 18.3 Å². The van der Waals surface area contributed by atoms with Gasteiger partial charge in [-0.25, -0.2) is 0 Å². The molecule has 0 atom stereocenters. The highest BCUT2D eigenvalue weighted by Gasteiger charge is 2.46. The van der Waals surface area contributed by atoms with E-state index in [2.05, 4.69) is 194 Å². The van der Waals surface area contributed by atoms with Gasteiger partial charge < -0.3 is 36.9 Å². The van der Waals surface area contributed by atoms with Crippen molar-refractivity contribution in [3.8, 4) is 33.9 Å². The largest absolute Gasteiger partial charge is 0.454 e. The highest BCUT2D eigenvalue weighted by molar-refractivity contribution is 7.00. The third-order valence-corrected chi connectivity index (χ3v) is 25.3. The summed E-state index contributed by atoms with van der Waals surface area (Å²) < 4.78 is 222. The number of hydrogen-bond donors (Lipinski definition) is 0. The van der Waals surface area contributed by atoms with Crippen LogP contribution in [0.5, 0.6) is 0 Å². The lowest BCUT2D eigenvalue weighted by molar-refractivity contribution is 0.590. The van der Waals surface area contributed by atoms with E-state index < -0.39 is 134 Å². The van der Waals surface area contributed by atoms with Gasteiger partial charge in [0.15, 0.2) is 16.7 Å². The highest BCUT2D eigenvalue weighted by atomic mass is 16.3. The molecule has 0 unspecified atom stereocenters. The Bertz CT molecular complexity index is 9280. The maximum atomic E-state index is 10.2. The predicted octanol–water partition coefficient (Wildman–Crippen LogP) is 28.8. The fourth-order valence-corrected chi connectivity index (χ4v) is 19.3. The van der Waals surface area contributed by atoms with E-state index in [0.29, 0.717) is 83.5 Å². The molecule has 582 valence electrons. The lowest BCUT2D eigenvalue weighted by atomic mass is 9.33. The molecule has 6 aromatic heterocycles. The highest BCUT2D eigenvalue weighted by Crippen LogP contribution is 2.53. The maximum absolute atomic E-state index is 10.2. The van der Waals surface area contributed by atoms with E-state index in [0.717, 1.165) is 76.9 Å². The first-order chi connectivity index (χ1) is 67.3. The number of rotatable bonds is 7. The number of para-hydroxylation sites is 7. The molecule has 24 rings (SSSR count). The van der Waals surface area contributed by atoms with Crippen molar-refractivity contribution in [2.45, 2.75) is 105 Å². The molecule has 0 bridgehead atoms. The number of fused-ring (bicyclic) bond motifs is 22. The summed E-state index contributed by atoms with van der Waals surface area (Å²) in [7, 11) is 0. The number of hydrogen-bond acceptors (Lipinski definition) is 4. The van der Waals surface area contributed by atoms with Crippen molar-refractivity contribution in [3.05, 3.63) is 343 Å². The second-order valence-corrected chi connectivity index (χ2v) is 36.5. The first-order valence-electron chi connectivity index (χ1n) is 51.5. The van der Waals surface area contributed by atoms with E-state index in [1.807, 2.05) is 83.8 Å². The molecule has 0 saturated heterocycles. The van der Waals surface area contributed by atoms with Gasteiger partial charge in [-0.3, -0.25) is 0 Å². The number of aromatic nitrogens is 4. The molecule has 0 aliphatic carbocycles. The minimum Gasteiger partial charge on any atom is -0.454 e. The maximum Gasteiger partial charge on any atom is 0.252 e. The van der Waals surface area contributed by atoms with Crippen LogP contribution in [0.25, 0.3) is 165 Å². The predicted molar refractivity (Wildman–Crippen MR) is 513 cm³/mol. The van der Waals surface area contributed by atoms with Crippen molar-refractivity contribution >= 4 is 188 Å². The Hall–Kier alpha value is -14.0. The van der Waals surface area contributed by atoms with Crippen molar-refractivity contribution in [1.29, 1.82) is 0 Å². The van der Waals surface area contributed by atoms with Gasteiger partial charge in [-0.15, -0.1) is 0 Å². The molecule has 0 radical (unpaired) electrons. The third-order valence-electron chi connectivity index (χ3n) is 25.3. The second kappa shape index (κ2) is 25.3. The summed E-state index contributed by atoms with van der Waals surface area (Å²) in [6.45, 7) is 25.5. The Morgan fingerprint density at radius 2 is 0.628 bits per heavy atom. The minimum absolute atomic E-state index is 0.0938. The summed E-state index contributed by atoms with van der Waals surface area (Å²) in [6, 6.07) is 53.1. The third kappa shape index (κ3) is 10.5. The fourth-order valence-electron chi connectivity index (χ4n) is 19.3. The molecule has 121 heavy (non-hydrogen) atoms. The van der Waals surface area contributed by atoms with Crippen LogP contribution in [0.1, 0.15) is 134 Å². The summed E-state index contributed by atoms with van der Waals surface area (Å²) in [5, 5.41) is 5.96. The van der Waals surface area contributed by atoms with Gasteiger partial charge in [-0.05, 0) is 205 Å². The minimum atomic E-state index is -0.879. The normalized spacial score (nSPS) is 15.8. The van der Waals surface area contributed by atoms with Crippen LogP contribution in [0.4, 0.5) is 34.1 Å². The van der Waals surface area contributed by atoms with E-state index in [9.17, 15) is 21.9 Å². The van der Waals surface area contributed by atoms with Crippen LogP contribution in [-0.2, 0) is 21.7 Å². The van der Waals surface area contributed by atoms with Gasteiger partial charge >= 0.3 is 0 Å². The Morgan fingerprint density at radius 3 is 1.12 bits per heavy atom. The topological polar surface area (TPSA) is 52.5 Å². The SMILES string of the molecule is [2H]c1c([2H])c([2H])c(-c2ccc3c(c2)N(c2cccc4c2oc2c(-n5c6ccc(C(C)(C)C)cc6c6cc(C(C)(C)C)ccc65)cccc24)c2cc(-n4c5c([2H])c([2H])c([2H])c([2H])c5c5c([2H])c([2H])c([2H])c([2H])c54)cc4c2B3c2ccc(-n3c5ccc(C(C)(C)C)cc5c5cc(C(C)(C)C)ccc53)cc2N4c2ccc3c(c2)oc2c(-n4c5c([2H])c([2H])c([2H])c([2H])c5c5c([2H])c([2H])c([2H])c([2H])c54)cccc23)c([2H])c1[2H]. The van der Waals surface area contributed by atoms with Crippen LogP contribution >= 0.6 is 0 Å². The summed E-state index contributed by atoms with van der Waals surface area (Å²) in [5.41, 5.74) is 14.4. The van der Waals surface area contributed by atoms with Gasteiger partial charge in [0.2, 0.25) is 0 Å². The van der Waals surface area contributed by atoms with Crippen LogP contribution in [-0.4, -0.2) is 25.0 Å². The molecular weight excluding hydrogens is 1470 g/mol. The zero-order valence-corrected chi connectivity index (χ0v) is 68.6. The van der Waals surface area contributed by atoms with Crippen molar-refractivity contribution in [2.24, 2.45) is 0 Å². The second-order valence-electron chi connectivity index (χ2n) is 36.5. The van der Waals surface area contributed by atoms with Gasteiger partial charge in [-0.2, -0.15) is 0 Å². The van der Waals surface area contributed by atoms with Gasteiger partial charge in [0.1, 0.15) is 5.58 Å². The molecule has 2 aliphatic rings. The summed E-state index contributed by atoms with van der Waals surface area (Å²) in [4.78, 5) is 4.11. The molecule has 2 aliphatic heterocycles. The molecule has 0 amide bonds. The molecule has 9 heteroatoms. The average Bonchev–Trinajstić information content (AvgIpc) is 1.02. The first kappa shape index (κ1) is 52.7. The van der Waals surface area contributed by atoms with Gasteiger partial charge in [0, 0.05) is 105 Å². The Labute approximate surface area is 732 Å². The average molecular weight is 1580 g/mol. The number of nitrogens with zero attached hydrogens (tertiary/aromatic N) is 6. The van der Waals surface area contributed by atoms with Crippen LogP contribution < -0.4 is 26.2 Å². The summed E-state index contributed by atoms with van der Waals surface area (Å²) in [6.07, 6.45) is 0. The van der Waals surface area contributed by atoms with Crippen LogP contribution in [0, 0.1) is 0 Å². The van der Waals surface area contributed by atoms with Crippen molar-refractivity contribution < 1.29 is 37.6 Å². The molecule has 0 saturated carbocycles. The summed E-state index contributed by atoms with van der Waals surface area (Å²) in [5.74, 6) is 0. The molecule has 0 N–H and O–H groups in total. The fraction of sp³-hybridized carbons (Fsp3) is 0.143. The number of benzene rings is 16. The molecule has 0 fully saturated rings. The standard InChI is InChI=1S/C112H89BN6O2/c1-109(2,3)68-44-53-93-83(58-68)84-59-69(110(4,5)6)45-54-94(84)114(93)72-49-52-88-101(62-72)115(73-48-50-79-80-33-24-40-97(106(80)120-104(79)65-73)117-91-38-22-18-31-77(91)78-32-19-23-39-92(78)117)102-63-74(116-89-36-20-16-29-75(89)76-30-17-21-37-90(76)116)64-103-105(102)113(88)87-51-43-67(66-27-14-13-15-28-66)57-100(87)119(103)99-42-26-35-82-81-34-25-41-98(107(81)121-108(82)99)118-95-55-46-70(111(7,8)9)60-85(95)86-61-71(112(10,11)12)47-56-96(86)118/h13-65H,1-12H3/i13D,14D,15D,16D,17D,18D,19D,20D,21D,22D,23D,27D,28D,29D,30D,31D,32D,36D,37D,38D,39D. The number of furan rings is 2. The van der Waals surface area contributed by atoms with Crippen LogP contribution in [0.15, 0.2) is 330 Å². The van der Waals surface area contributed by atoms with E-state index in [1.54, 1.807) is 18.2 Å². The quantitative estimate of drug-likeness (QED) is 0.149. The zero-order valence-electron chi connectivity index (χ0n) is 89.6. The van der Waals surface area contributed by atoms with E-state index >= 15 is 0 Å². The number of anilines is 6. The summed E-state index contributed by atoms with van der Waals surface area (Å²) >= 11 is 0.